The van der Waals surface area contributed by atoms with Gasteiger partial charge in [0.15, 0.2) is 0 Å². The van der Waals surface area contributed by atoms with Gasteiger partial charge in [0.25, 0.3) is 0 Å². The summed E-state index contributed by atoms with van der Waals surface area (Å²) in [7, 11) is 5.94. The van der Waals surface area contributed by atoms with E-state index in [-0.39, 0.29) is 18.2 Å². The molecule has 2 fully saturated rings. The highest BCUT2D eigenvalue weighted by atomic mass is 16.5. The predicted molar refractivity (Wildman–Crippen MR) is 109 cm³/mol. The van der Waals surface area contributed by atoms with Crippen LogP contribution in [0.25, 0.3) is 0 Å². The number of nitrogens with one attached hydrogen (secondary N) is 2. The summed E-state index contributed by atoms with van der Waals surface area (Å²) < 4.78 is 5.50. The minimum Gasteiger partial charge on any atom is -0.378 e. The summed E-state index contributed by atoms with van der Waals surface area (Å²) in [6, 6.07) is 8.61. The van der Waals surface area contributed by atoms with Crippen LogP contribution >= 0.6 is 0 Å². The number of hydrogen-bond donors (Lipinski definition) is 2. The number of rotatable bonds is 6. The maximum atomic E-state index is 12.6. The van der Waals surface area contributed by atoms with Gasteiger partial charge in [0.1, 0.15) is 0 Å². The number of amides is 2. The van der Waals surface area contributed by atoms with Crippen LogP contribution in [0.2, 0.25) is 0 Å². The summed E-state index contributed by atoms with van der Waals surface area (Å²) in [6.07, 6.45) is 6.61. The van der Waals surface area contributed by atoms with Gasteiger partial charge >= 0.3 is 6.03 Å². The number of carbonyl (C=O) groups is 1. The normalized spacial score (nSPS) is 24.3. The molecule has 0 radical (unpaired) electrons. The molecule has 1 aliphatic carbocycles. The van der Waals surface area contributed by atoms with Crippen molar-refractivity contribution in [1.29, 1.82) is 0 Å². The number of ether oxygens (including phenoxy) is 1. The Bertz CT molecular complexity index is 618. The first-order chi connectivity index (χ1) is 13.1. The zero-order valence-corrected chi connectivity index (χ0v) is 16.9. The van der Waals surface area contributed by atoms with Crippen molar-refractivity contribution in [1.82, 2.24) is 15.1 Å². The molecular weight excluding hydrogens is 340 g/mol. The van der Waals surface area contributed by atoms with E-state index in [0.717, 1.165) is 30.9 Å². The van der Waals surface area contributed by atoms with E-state index in [2.05, 4.69) is 33.5 Å². The molecule has 1 heterocycles. The van der Waals surface area contributed by atoms with Crippen molar-refractivity contribution in [3.8, 4) is 0 Å². The molecule has 2 amide bonds. The molecule has 3 rings (SSSR count). The predicted octanol–water partition coefficient (Wildman–Crippen LogP) is 2.90. The number of likely N-dealkylation sites (tertiary alicyclic amines) is 1. The second-order valence-corrected chi connectivity index (χ2v) is 8.06. The molecule has 2 N–H and O–H groups in total. The Morgan fingerprint density at radius 3 is 2.70 bits per heavy atom. The van der Waals surface area contributed by atoms with Gasteiger partial charge < -0.3 is 20.3 Å². The third-order valence-corrected chi connectivity index (χ3v) is 5.95. The van der Waals surface area contributed by atoms with Crippen LogP contribution in [0.3, 0.4) is 0 Å². The fraction of sp³-hybridized carbons (Fsp3) is 0.667. The molecule has 1 aromatic rings. The summed E-state index contributed by atoms with van der Waals surface area (Å²) in [5.74, 6) is 0. The zero-order chi connectivity index (χ0) is 19.2. The van der Waals surface area contributed by atoms with Crippen molar-refractivity contribution in [2.45, 2.75) is 56.8 Å². The number of anilines is 1. The van der Waals surface area contributed by atoms with Crippen LogP contribution in [0.1, 0.15) is 37.7 Å². The van der Waals surface area contributed by atoms with E-state index in [1.165, 1.54) is 32.1 Å². The van der Waals surface area contributed by atoms with Gasteiger partial charge in [0.2, 0.25) is 0 Å². The van der Waals surface area contributed by atoms with Crippen molar-refractivity contribution in [2.24, 2.45) is 0 Å². The number of para-hydroxylation sites is 1. The maximum absolute atomic E-state index is 12.6. The lowest BCUT2D eigenvalue weighted by Crippen LogP contribution is -2.45. The van der Waals surface area contributed by atoms with Crippen molar-refractivity contribution in [3.05, 3.63) is 29.8 Å². The van der Waals surface area contributed by atoms with Crippen LogP contribution in [0.5, 0.6) is 0 Å². The molecule has 6 nitrogen and oxygen atoms in total. The van der Waals surface area contributed by atoms with Gasteiger partial charge in [-0.1, -0.05) is 37.5 Å². The highest BCUT2D eigenvalue weighted by Crippen LogP contribution is 2.25. The molecular formula is C21H34N4O2. The summed E-state index contributed by atoms with van der Waals surface area (Å²) >= 11 is 0. The number of methoxy groups -OCH3 is 1. The lowest BCUT2D eigenvalue weighted by molar-refractivity contribution is 0.0940. The number of likely N-dealkylation sites (N-methyl/N-ethyl adjacent to an activating group) is 1. The third kappa shape index (κ3) is 5.43. The Morgan fingerprint density at radius 2 is 1.96 bits per heavy atom. The number of carbonyl (C=O) groups excluding carboxylic acids is 1. The summed E-state index contributed by atoms with van der Waals surface area (Å²) in [6.45, 7) is 2.50. The van der Waals surface area contributed by atoms with Crippen LogP contribution in [0.4, 0.5) is 10.5 Å². The van der Waals surface area contributed by atoms with Crippen molar-refractivity contribution in [3.63, 3.8) is 0 Å². The molecule has 0 aromatic heterocycles. The van der Waals surface area contributed by atoms with E-state index in [1.807, 2.05) is 25.2 Å². The van der Waals surface area contributed by atoms with E-state index in [9.17, 15) is 4.79 Å². The lowest BCUT2D eigenvalue weighted by atomic mass is 9.94. The molecule has 1 saturated carbocycles. The quantitative estimate of drug-likeness (QED) is 0.804. The molecule has 27 heavy (non-hydrogen) atoms. The lowest BCUT2D eigenvalue weighted by Gasteiger charge is -2.31. The summed E-state index contributed by atoms with van der Waals surface area (Å²) in [5, 5.41) is 6.13. The van der Waals surface area contributed by atoms with Crippen LogP contribution in [-0.2, 0) is 11.3 Å². The third-order valence-electron chi connectivity index (χ3n) is 5.95. The van der Waals surface area contributed by atoms with Gasteiger partial charge in [-0.25, -0.2) is 4.79 Å². The van der Waals surface area contributed by atoms with Gasteiger partial charge in [-0.15, -0.1) is 0 Å². The SMILES string of the molecule is CO[C@H]1CN(C)C[C@@H]1NC(=O)Nc1ccccc1CN(C)C1CCCCC1. The average Bonchev–Trinajstić information content (AvgIpc) is 3.03. The minimum absolute atomic E-state index is 0.0112. The summed E-state index contributed by atoms with van der Waals surface area (Å²) in [5.41, 5.74) is 2.05. The fourth-order valence-electron chi connectivity index (χ4n) is 4.37. The number of hydrogen-bond acceptors (Lipinski definition) is 4. The van der Waals surface area contributed by atoms with Gasteiger partial charge in [0.05, 0.1) is 12.1 Å². The largest absolute Gasteiger partial charge is 0.378 e. The molecule has 1 aliphatic heterocycles. The van der Waals surface area contributed by atoms with Crippen LogP contribution < -0.4 is 10.6 Å². The Morgan fingerprint density at radius 1 is 1.22 bits per heavy atom. The molecule has 150 valence electrons. The molecule has 2 aliphatic rings. The van der Waals surface area contributed by atoms with Gasteiger partial charge in [-0.2, -0.15) is 0 Å². The second-order valence-electron chi connectivity index (χ2n) is 8.06. The zero-order valence-electron chi connectivity index (χ0n) is 16.9. The van der Waals surface area contributed by atoms with E-state index >= 15 is 0 Å². The maximum Gasteiger partial charge on any atom is 0.319 e. The smallest absolute Gasteiger partial charge is 0.319 e. The summed E-state index contributed by atoms with van der Waals surface area (Å²) in [4.78, 5) is 17.2. The number of benzene rings is 1. The van der Waals surface area contributed by atoms with E-state index in [0.29, 0.717) is 6.04 Å². The molecule has 0 spiro atoms. The van der Waals surface area contributed by atoms with Gasteiger partial charge in [-0.3, -0.25) is 4.90 Å². The molecule has 1 saturated heterocycles. The van der Waals surface area contributed by atoms with Crippen LogP contribution in [-0.4, -0.2) is 68.3 Å². The second kappa shape index (κ2) is 9.53. The molecule has 6 heteroatoms. The first-order valence-electron chi connectivity index (χ1n) is 10.1. The Kier molecular flexibility index (Phi) is 7.10. The van der Waals surface area contributed by atoms with E-state index in [1.54, 1.807) is 7.11 Å². The Hall–Kier alpha value is -1.63. The van der Waals surface area contributed by atoms with E-state index < -0.39 is 0 Å². The van der Waals surface area contributed by atoms with Crippen LogP contribution in [0, 0.1) is 0 Å². The van der Waals surface area contributed by atoms with E-state index in [4.69, 9.17) is 4.74 Å². The molecule has 0 bridgehead atoms. The monoisotopic (exact) mass is 374 g/mol. The van der Waals surface area contributed by atoms with Gasteiger partial charge in [0, 0.05) is 38.5 Å². The fourth-order valence-corrected chi connectivity index (χ4v) is 4.37. The number of urea groups is 1. The number of nitrogens with zero attached hydrogens (tertiary/aromatic N) is 2. The van der Waals surface area contributed by atoms with Crippen molar-refractivity contribution in [2.75, 3.05) is 39.6 Å². The van der Waals surface area contributed by atoms with Crippen molar-refractivity contribution >= 4 is 11.7 Å². The first kappa shape index (κ1) is 20.1. The van der Waals surface area contributed by atoms with Gasteiger partial charge in [-0.05, 0) is 38.6 Å². The topological polar surface area (TPSA) is 56.8 Å². The first-order valence-corrected chi connectivity index (χ1v) is 10.1. The van der Waals surface area contributed by atoms with Crippen LogP contribution in [0.15, 0.2) is 24.3 Å². The molecule has 1 aromatic carbocycles. The minimum atomic E-state index is -0.162. The highest BCUT2D eigenvalue weighted by molar-refractivity contribution is 5.90. The Labute approximate surface area is 163 Å². The molecule has 0 unspecified atom stereocenters. The Balaban J connectivity index is 1.59. The highest BCUT2D eigenvalue weighted by Gasteiger charge is 2.32. The average molecular weight is 375 g/mol. The van der Waals surface area contributed by atoms with Crippen molar-refractivity contribution < 1.29 is 9.53 Å². The standard InChI is InChI=1S/C21H34N4O2/c1-24-14-19(20(15-24)27-3)23-21(26)22-18-12-8-7-9-16(18)13-25(2)17-10-5-4-6-11-17/h7-9,12,17,19-20H,4-6,10-11,13-15H2,1-3H3,(H2,22,23,26)/t19-,20-/m0/s1. The molecule has 2 atom stereocenters.